The minimum Gasteiger partial charge on any atom is -0.383 e. The monoisotopic (exact) mass is 448 g/mol. The SMILES string of the molecule is CCN(CC(=O)Nc1cc(C)nn1[C@H]1CCS(=O)(=O)C1)[C@@H](COC)Cc1ccccc1. The Kier molecular flexibility index (Phi) is 7.85. The van der Waals surface area contributed by atoms with Crippen molar-refractivity contribution in [2.75, 3.05) is 43.6 Å². The van der Waals surface area contributed by atoms with Crippen molar-refractivity contribution in [2.45, 2.75) is 38.8 Å². The molecule has 0 aliphatic carbocycles. The summed E-state index contributed by atoms with van der Waals surface area (Å²) in [5.41, 5.74) is 1.94. The van der Waals surface area contributed by atoms with Crippen LogP contribution in [0.3, 0.4) is 0 Å². The zero-order valence-electron chi connectivity index (χ0n) is 18.5. The van der Waals surface area contributed by atoms with Gasteiger partial charge in [-0.15, -0.1) is 0 Å². The van der Waals surface area contributed by atoms with Gasteiger partial charge in [-0.2, -0.15) is 5.10 Å². The van der Waals surface area contributed by atoms with Gasteiger partial charge in [-0.1, -0.05) is 37.3 Å². The molecule has 0 bridgehead atoms. The fourth-order valence-electron chi connectivity index (χ4n) is 4.09. The molecule has 31 heavy (non-hydrogen) atoms. The van der Waals surface area contributed by atoms with Gasteiger partial charge in [0.15, 0.2) is 9.84 Å². The molecular weight excluding hydrogens is 416 g/mol. The van der Waals surface area contributed by atoms with Crippen LogP contribution >= 0.6 is 0 Å². The van der Waals surface area contributed by atoms with Gasteiger partial charge in [0.1, 0.15) is 5.82 Å². The molecule has 1 amide bonds. The van der Waals surface area contributed by atoms with Crippen molar-refractivity contribution in [3.8, 4) is 0 Å². The van der Waals surface area contributed by atoms with E-state index in [9.17, 15) is 13.2 Å². The smallest absolute Gasteiger partial charge is 0.239 e. The highest BCUT2D eigenvalue weighted by Gasteiger charge is 2.31. The number of ether oxygens (including phenoxy) is 1. The summed E-state index contributed by atoms with van der Waals surface area (Å²) in [6, 6.07) is 11.8. The van der Waals surface area contributed by atoms with Crippen molar-refractivity contribution in [1.29, 1.82) is 0 Å². The quantitative estimate of drug-likeness (QED) is 0.598. The average molecular weight is 449 g/mol. The molecule has 1 aliphatic heterocycles. The lowest BCUT2D eigenvalue weighted by Gasteiger charge is -2.30. The number of likely N-dealkylation sites (N-methyl/N-ethyl adjacent to an activating group) is 1. The topological polar surface area (TPSA) is 93.5 Å². The van der Waals surface area contributed by atoms with E-state index in [2.05, 4.69) is 27.4 Å². The second-order valence-corrected chi connectivity index (χ2v) is 10.3. The molecule has 0 spiro atoms. The van der Waals surface area contributed by atoms with Gasteiger partial charge < -0.3 is 10.1 Å². The summed E-state index contributed by atoms with van der Waals surface area (Å²) in [6.45, 7) is 5.30. The zero-order chi connectivity index (χ0) is 22.4. The van der Waals surface area contributed by atoms with Crippen LogP contribution in [0.1, 0.15) is 30.6 Å². The van der Waals surface area contributed by atoms with Crippen molar-refractivity contribution in [1.82, 2.24) is 14.7 Å². The number of aromatic nitrogens is 2. The van der Waals surface area contributed by atoms with Crippen molar-refractivity contribution < 1.29 is 17.9 Å². The summed E-state index contributed by atoms with van der Waals surface area (Å²) in [4.78, 5) is 15.0. The predicted octanol–water partition coefficient (Wildman–Crippen LogP) is 2.07. The number of hydrogen-bond donors (Lipinski definition) is 1. The van der Waals surface area contributed by atoms with E-state index in [1.807, 2.05) is 32.0 Å². The molecule has 1 fully saturated rings. The van der Waals surface area contributed by atoms with Crippen molar-refractivity contribution in [3.05, 3.63) is 47.7 Å². The van der Waals surface area contributed by atoms with E-state index in [-0.39, 0.29) is 36.0 Å². The molecule has 2 aromatic rings. The van der Waals surface area contributed by atoms with Crippen LogP contribution in [0.15, 0.2) is 36.4 Å². The van der Waals surface area contributed by atoms with Crippen LogP contribution in [0, 0.1) is 6.92 Å². The summed E-state index contributed by atoms with van der Waals surface area (Å²) in [5, 5.41) is 7.38. The molecule has 170 valence electrons. The number of aryl methyl sites for hydroxylation is 1. The maximum Gasteiger partial charge on any atom is 0.239 e. The Morgan fingerprint density at radius 2 is 2.10 bits per heavy atom. The molecule has 1 N–H and O–H groups in total. The summed E-state index contributed by atoms with van der Waals surface area (Å²) >= 11 is 0. The van der Waals surface area contributed by atoms with Gasteiger partial charge in [-0.3, -0.25) is 9.69 Å². The molecule has 1 saturated heterocycles. The van der Waals surface area contributed by atoms with Gasteiger partial charge in [0.05, 0.1) is 36.4 Å². The number of benzene rings is 1. The lowest BCUT2D eigenvalue weighted by Crippen LogP contribution is -2.44. The number of methoxy groups -OCH3 is 1. The number of amides is 1. The Bertz CT molecular complexity index is 975. The summed E-state index contributed by atoms with van der Waals surface area (Å²) in [7, 11) is -1.38. The molecule has 8 nitrogen and oxygen atoms in total. The van der Waals surface area contributed by atoms with Crippen LogP contribution in [-0.2, 0) is 25.8 Å². The number of sulfone groups is 1. The number of nitrogens with zero attached hydrogens (tertiary/aromatic N) is 3. The van der Waals surface area contributed by atoms with E-state index in [0.29, 0.717) is 25.4 Å². The molecule has 1 aromatic carbocycles. The minimum absolute atomic E-state index is 0.0606. The normalized spacial score (nSPS) is 18.9. The second-order valence-electron chi connectivity index (χ2n) is 8.08. The van der Waals surface area contributed by atoms with E-state index in [4.69, 9.17) is 4.74 Å². The van der Waals surface area contributed by atoms with E-state index in [0.717, 1.165) is 12.1 Å². The molecule has 0 saturated carbocycles. The highest BCUT2D eigenvalue weighted by molar-refractivity contribution is 7.91. The van der Waals surface area contributed by atoms with Gasteiger partial charge in [0, 0.05) is 19.2 Å². The first-order valence-corrected chi connectivity index (χ1v) is 12.5. The fourth-order valence-corrected chi connectivity index (χ4v) is 5.79. The Labute approximate surface area is 184 Å². The molecule has 2 atom stereocenters. The highest BCUT2D eigenvalue weighted by Crippen LogP contribution is 2.27. The molecule has 0 radical (unpaired) electrons. The number of anilines is 1. The van der Waals surface area contributed by atoms with Crippen molar-refractivity contribution in [3.63, 3.8) is 0 Å². The van der Waals surface area contributed by atoms with Crippen LogP contribution in [0.4, 0.5) is 5.82 Å². The zero-order valence-corrected chi connectivity index (χ0v) is 19.3. The summed E-state index contributed by atoms with van der Waals surface area (Å²) < 4.78 is 30.8. The largest absolute Gasteiger partial charge is 0.383 e. The molecule has 0 unspecified atom stereocenters. The maximum absolute atomic E-state index is 12.9. The van der Waals surface area contributed by atoms with Gasteiger partial charge in [-0.25, -0.2) is 13.1 Å². The summed E-state index contributed by atoms with van der Waals surface area (Å²) in [6.07, 6.45) is 1.30. The predicted molar refractivity (Wildman–Crippen MR) is 121 cm³/mol. The summed E-state index contributed by atoms with van der Waals surface area (Å²) in [5.74, 6) is 0.613. The van der Waals surface area contributed by atoms with Crippen molar-refractivity contribution >= 4 is 21.6 Å². The van der Waals surface area contributed by atoms with E-state index in [1.54, 1.807) is 17.9 Å². The van der Waals surface area contributed by atoms with E-state index in [1.165, 1.54) is 5.56 Å². The molecule has 9 heteroatoms. The number of rotatable bonds is 10. The molecule has 1 aromatic heterocycles. The Morgan fingerprint density at radius 1 is 1.35 bits per heavy atom. The Balaban J connectivity index is 1.68. The number of nitrogens with one attached hydrogen (secondary N) is 1. The Morgan fingerprint density at radius 3 is 2.71 bits per heavy atom. The second kappa shape index (κ2) is 10.4. The maximum atomic E-state index is 12.9. The van der Waals surface area contributed by atoms with Crippen LogP contribution in [0.5, 0.6) is 0 Å². The van der Waals surface area contributed by atoms with Gasteiger partial charge in [0.2, 0.25) is 5.91 Å². The third-order valence-electron chi connectivity index (χ3n) is 5.62. The van der Waals surface area contributed by atoms with E-state index < -0.39 is 9.84 Å². The Hall–Kier alpha value is -2.23. The lowest BCUT2D eigenvalue weighted by atomic mass is 10.1. The van der Waals surface area contributed by atoms with E-state index >= 15 is 0 Å². The van der Waals surface area contributed by atoms with Crippen LogP contribution in [0.25, 0.3) is 0 Å². The molecule has 2 heterocycles. The lowest BCUT2D eigenvalue weighted by molar-refractivity contribution is -0.118. The van der Waals surface area contributed by atoms with Crippen LogP contribution < -0.4 is 5.32 Å². The fraction of sp³-hybridized carbons (Fsp3) is 0.545. The van der Waals surface area contributed by atoms with Crippen LogP contribution in [0.2, 0.25) is 0 Å². The number of carbonyl (C=O) groups is 1. The number of hydrogen-bond acceptors (Lipinski definition) is 6. The van der Waals surface area contributed by atoms with Crippen molar-refractivity contribution in [2.24, 2.45) is 0 Å². The average Bonchev–Trinajstić information content (AvgIpc) is 3.27. The first kappa shape index (κ1) is 23.4. The third-order valence-corrected chi connectivity index (χ3v) is 7.37. The van der Waals surface area contributed by atoms with Gasteiger partial charge >= 0.3 is 0 Å². The van der Waals surface area contributed by atoms with Crippen LogP contribution in [-0.4, -0.2) is 73.4 Å². The van der Waals surface area contributed by atoms with Gasteiger partial charge in [0.25, 0.3) is 0 Å². The minimum atomic E-state index is -3.05. The molecule has 3 rings (SSSR count). The molecule has 1 aliphatic rings. The highest BCUT2D eigenvalue weighted by atomic mass is 32.2. The third kappa shape index (κ3) is 6.38. The molecular formula is C22H32N4O4S. The van der Waals surface area contributed by atoms with Gasteiger partial charge in [-0.05, 0) is 31.9 Å². The standard InChI is InChI=1S/C22H32N4O4S/c1-4-25(20(15-30-3)13-18-8-6-5-7-9-18)14-22(27)23-21-12-17(2)24-26(21)19-10-11-31(28,29)16-19/h5-9,12,19-20H,4,10-11,13-16H2,1-3H3,(H,23,27)/t19-,20+/m0/s1. The first-order valence-electron chi connectivity index (χ1n) is 10.6. The first-order chi connectivity index (χ1) is 14.8. The number of carbonyl (C=O) groups excluding carboxylic acids is 1.